The number of H-pyrrole nitrogens is 1. The molecule has 2 aromatic heterocycles. The average molecular weight is 567 g/mol. The molecule has 2 heterocycles. The van der Waals surface area contributed by atoms with Crippen LogP contribution in [0.25, 0.3) is 21.8 Å². The number of rotatable bonds is 4. The smallest absolute Gasteiger partial charge is 0.382 e. The van der Waals surface area contributed by atoms with E-state index in [4.69, 9.17) is 11.6 Å². The summed E-state index contributed by atoms with van der Waals surface area (Å²) < 4.78 is 41.0. The van der Waals surface area contributed by atoms with Gasteiger partial charge in [0.15, 0.2) is 0 Å². The Bertz CT molecular complexity index is 1420. The number of aromatic nitrogens is 3. The van der Waals surface area contributed by atoms with Crippen LogP contribution >= 0.6 is 27.5 Å². The quantitative estimate of drug-likeness (QED) is 0.257. The van der Waals surface area contributed by atoms with Gasteiger partial charge in [-0.15, -0.1) is 0 Å². The maximum atomic E-state index is 13.4. The van der Waals surface area contributed by atoms with Gasteiger partial charge in [0.1, 0.15) is 5.69 Å². The molecule has 0 radical (unpaired) electrons. The van der Waals surface area contributed by atoms with Gasteiger partial charge in [-0.25, -0.2) is 4.98 Å². The zero-order valence-corrected chi connectivity index (χ0v) is 20.6. The summed E-state index contributed by atoms with van der Waals surface area (Å²) in [5, 5.41) is 15.1. The Kier molecular flexibility index (Phi) is 6.35. The minimum absolute atomic E-state index is 0.0221. The first-order valence-corrected chi connectivity index (χ1v) is 12.2. The number of carbonyl (C=O) groups excluding carboxylic acids is 1. The monoisotopic (exact) mass is 565 g/mol. The van der Waals surface area contributed by atoms with Crippen molar-refractivity contribution in [2.45, 2.75) is 43.9 Å². The van der Waals surface area contributed by atoms with Crippen LogP contribution < -0.4 is 10.6 Å². The highest BCUT2D eigenvalue weighted by Crippen LogP contribution is 2.35. The van der Waals surface area contributed by atoms with Crippen LogP contribution in [0.4, 0.5) is 18.9 Å². The number of pyridine rings is 1. The number of alkyl halides is 3. The normalized spacial score (nSPS) is 18.7. The molecule has 182 valence electrons. The standard InChI is InChI=1S/C24H20BrClF3N5O/c25-18-7-12(8-21-17(18)11-30-34-21)23(35)32-15-4-2-14(3-5-15)31-20-10-22(24(27,28)29)33-19-6-1-13(26)9-16(19)20/h1,6-11,14-15H,2-5H2,(H,30,34)(H,31,33)(H,32,35). The van der Waals surface area contributed by atoms with Crippen molar-refractivity contribution < 1.29 is 18.0 Å². The highest BCUT2D eigenvalue weighted by molar-refractivity contribution is 9.10. The SMILES string of the molecule is O=C(NC1CCC(Nc2cc(C(F)(F)F)nc3ccc(Cl)cc23)CC1)c1cc(Br)c2cn[nH]c2c1. The number of fused-ring (bicyclic) bond motifs is 2. The van der Waals surface area contributed by atoms with E-state index in [0.717, 1.165) is 21.4 Å². The van der Waals surface area contributed by atoms with Crippen LogP contribution in [0.2, 0.25) is 5.02 Å². The van der Waals surface area contributed by atoms with Gasteiger partial charge in [0, 0.05) is 43.6 Å². The predicted octanol–water partition coefficient (Wildman–Crippen LogP) is 6.70. The Labute approximate surface area is 211 Å². The molecule has 4 aromatic rings. The lowest BCUT2D eigenvalue weighted by atomic mass is 9.90. The lowest BCUT2D eigenvalue weighted by molar-refractivity contribution is -0.140. The molecule has 3 N–H and O–H groups in total. The first-order chi connectivity index (χ1) is 16.7. The molecule has 1 amide bonds. The Morgan fingerprint density at radius 3 is 2.54 bits per heavy atom. The zero-order chi connectivity index (χ0) is 24.7. The zero-order valence-electron chi connectivity index (χ0n) is 18.2. The van der Waals surface area contributed by atoms with Gasteiger partial charge in [0.05, 0.1) is 17.2 Å². The molecule has 0 saturated heterocycles. The van der Waals surface area contributed by atoms with Crippen LogP contribution in [0.1, 0.15) is 41.7 Å². The molecule has 5 rings (SSSR count). The van der Waals surface area contributed by atoms with Crippen LogP contribution in [-0.4, -0.2) is 33.2 Å². The summed E-state index contributed by atoms with van der Waals surface area (Å²) in [6.07, 6.45) is -0.0765. The van der Waals surface area contributed by atoms with Gasteiger partial charge in [-0.2, -0.15) is 18.3 Å². The summed E-state index contributed by atoms with van der Waals surface area (Å²) >= 11 is 9.56. The molecular weight excluding hydrogens is 547 g/mol. The molecule has 11 heteroatoms. The van der Waals surface area contributed by atoms with Gasteiger partial charge in [-0.3, -0.25) is 9.89 Å². The van der Waals surface area contributed by atoms with Crippen LogP contribution in [-0.2, 0) is 6.18 Å². The number of nitrogens with one attached hydrogen (secondary N) is 3. The van der Waals surface area contributed by atoms with Gasteiger partial charge in [0.2, 0.25) is 0 Å². The lowest BCUT2D eigenvalue weighted by Gasteiger charge is -2.31. The van der Waals surface area contributed by atoms with E-state index in [1.165, 1.54) is 12.1 Å². The van der Waals surface area contributed by atoms with Gasteiger partial charge in [0.25, 0.3) is 5.91 Å². The fourth-order valence-electron chi connectivity index (χ4n) is 4.47. The molecule has 0 unspecified atom stereocenters. The van der Waals surface area contributed by atoms with E-state index >= 15 is 0 Å². The Hall–Kier alpha value is -2.85. The number of anilines is 1. The van der Waals surface area contributed by atoms with E-state index in [-0.39, 0.29) is 23.5 Å². The van der Waals surface area contributed by atoms with E-state index in [0.29, 0.717) is 47.3 Å². The largest absolute Gasteiger partial charge is 0.433 e. The maximum Gasteiger partial charge on any atom is 0.433 e. The van der Waals surface area contributed by atoms with Crippen LogP contribution in [0.5, 0.6) is 0 Å². The number of hydrogen-bond acceptors (Lipinski definition) is 4. The molecule has 0 aliphatic heterocycles. The average Bonchev–Trinajstić information content (AvgIpc) is 3.29. The van der Waals surface area contributed by atoms with Crippen molar-refractivity contribution in [3.63, 3.8) is 0 Å². The molecular formula is C24H20BrClF3N5O. The van der Waals surface area contributed by atoms with Crippen LogP contribution in [0.3, 0.4) is 0 Å². The highest BCUT2D eigenvalue weighted by atomic mass is 79.9. The summed E-state index contributed by atoms with van der Waals surface area (Å²) in [6, 6.07) is 9.13. The number of carbonyl (C=O) groups is 1. The van der Waals surface area contributed by atoms with Crippen molar-refractivity contribution in [2.75, 3.05) is 5.32 Å². The van der Waals surface area contributed by atoms with Crippen molar-refractivity contribution in [3.05, 3.63) is 63.3 Å². The molecule has 6 nitrogen and oxygen atoms in total. The highest BCUT2D eigenvalue weighted by Gasteiger charge is 2.34. The van der Waals surface area contributed by atoms with Crippen molar-refractivity contribution in [1.82, 2.24) is 20.5 Å². The summed E-state index contributed by atoms with van der Waals surface area (Å²) in [4.78, 5) is 16.6. The molecule has 35 heavy (non-hydrogen) atoms. The topological polar surface area (TPSA) is 82.7 Å². The van der Waals surface area contributed by atoms with Gasteiger partial charge in [-0.05, 0) is 62.1 Å². The molecule has 0 spiro atoms. The second-order valence-electron chi connectivity index (χ2n) is 8.67. The van der Waals surface area contributed by atoms with E-state index in [9.17, 15) is 18.0 Å². The third-order valence-corrected chi connectivity index (χ3v) is 7.14. The van der Waals surface area contributed by atoms with Gasteiger partial charge >= 0.3 is 6.18 Å². The number of benzene rings is 2. The Balaban J connectivity index is 1.27. The first kappa shape index (κ1) is 23.9. The van der Waals surface area contributed by atoms with E-state index < -0.39 is 11.9 Å². The number of hydrogen-bond donors (Lipinski definition) is 3. The molecule has 0 atom stereocenters. The van der Waals surface area contributed by atoms with Gasteiger partial charge in [-0.1, -0.05) is 27.5 Å². The third kappa shape index (κ3) is 5.08. The minimum Gasteiger partial charge on any atom is -0.382 e. The fourth-order valence-corrected chi connectivity index (χ4v) is 5.21. The van der Waals surface area contributed by atoms with E-state index in [2.05, 4.69) is 41.7 Å². The number of amides is 1. The summed E-state index contributed by atoms with van der Waals surface area (Å²) in [6.45, 7) is 0. The second-order valence-corrected chi connectivity index (χ2v) is 9.96. The van der Waals surface area contributed by atoms with Crippen LogP contribution in [0, 0.1) is 0 Å². The van der Waals surface area contributed by atoms with Crippen molar-refractivity contribution in [3.8, 4) is 0 Å². The number of aromatic amines is 1. The molecule has 1 fully saturated rings. The molecule has 1 saturated carbocycles. The predicted molar refractivity (Wildman–Crippen MR) is 133 cm³/mol. The molecule has 0 bridgehead atoms. The molecule has 1 aliphatic rings. The summed E-state index contributed by atoms with van der Waals surface area (Å²) in [5.74, 6) is -0.178. The fraction of sp³-hybridized carbons (Fsp3) is 0.292. The molecule has 2 aromatic carbocycles. The second kappa shape index (κ2) is 9.31. The first-order valence-electron chi connectivity index (χ1n) is 11.0. The van der Waals surface area contributed by atoms with E-state index in [1.807, 2.05) is 0 Å². The minimum atomic E-state index is -4.56. The van der Waals surface area contributed by atoms with E-state index in [1.54, 1.807) is 24.4 Å². The van der Waals surface area contributed by atoms with Crippen molar-refractivity contribution >= 4 is 60.9 Å². The maximum absolute atomic E-state index is 13.4. The third-order valence-electron chi connectivity index (χ3n) is 6.25. The summed E-state index contributed by atoms with van der Waals surface area (Å²) in [5.41, 5.74) is 0.924. The van der Waals surface area contributed by atoms with Crippen molar-refractivity contribution in [1.29, 1.82) is 0 Å². The number of nitrogens with zero attached hydrogens (tertiary/aromatic N) is 2. The Morgan fingerprint density at radius 1 is 1.06 bits per heavy atom. The Morgan fingerprint density at radius 2 is 1.80 bits per heavy atom. The van der Waals surface area contributed by atoms with Crippen LogP contribution in [0.15, 0.2) is 47.1 Å². The summed E-state index contributed by atoms with van der Waals surface area (Å²) in [7, 11) is 0. The number of halogens is 5. The van der Waals surface area contributed by atoms with Crippen molar-refractivity contribution in [2.24, 2.45) is 0 Å². The van der Waals surface area contributed by atoms with Gasteiger partial charge < -0.3 is 10.6 Å². The molecule has 1 aliphatic carbocycles. The lowest BCUT2D eigenvalue weighted by Crippen LogP contribution is -2.40.